The van der Waals surface area contributed by atoms with Gasteiger partial charge in [0.2, 0.25) is 11.8 Å². The third-order valence-corrected chi connectivity index (χ3v) is 5.30. The number of nitrogens with zero attached hydrogens (tertiary/aromatic N) is 2. The van der Waals surface area contributed by atoms with Gasteiger partial charge in [0.25, 0.3) is 5.91 Å². The lowest BCUT2D eigenvalue weighted by Gasteiger charge is -2.33. The van der Waals surface area contributed by atoms with Crippen LogP contribution in [-0.4, -0.2) is 60.2 Å². The fourth-order valence-corrected chi connectivity index (χ4v) is 3.73. The summed E-state index contributed by atoms with van der Waals surface area (Å²) in [6, 6.07) is 5.45. The molecular formula is C20H26FN3O3. The molecule has 0 saturated carbocycles. The minimum absolute atomic E-state index is 0.0734. The van der Waals surface area contributed by atoms with Gasteiger partial charge in [-0.25, -0.2) is 4.39 Å². The number of halogens is 1. The van der Waals surface area contributed by atoms with E-state index in [0.717, 1.165) is 32.4 Å². The van der Waals surface area contributed by atoms with Gasteiger partial charge in [0.1, 0.15) is 5.82 Å². The highest BCUT2D eigenvalue weighted by Gasteiger charge is 2.26. The molecule has 0 aliphatic carbocycles. The maximum absolute atomic E-state index is 12.9. The summed E-state index contributed by atoms with van der Waals surface area (Å²) < 4.78 is 12.9. The lowest BCUT2D eigenvalue weighted by molar-refractivity contribution is -0.134. The van der Waals surface area contributed by atoms with E-state index in [4.69, 9.17) is 0 Å². The minimum Gasteiger partial charge on any atom is -0.352 e. The Morgan fingerprint density at radius 2 is 1.93 bits per heavy atom. The monoisotopic (exact) mass is 375 g/mol. The molecule has 3 amide bonds. The van der Waals surface area contributed by atoms with Crippen molar-refractivity contribution < 1.29 is 18.8 Å². The van der Waals surface area contributed by atoms with E-state index in [2.05, 4.69) is 5.32 Å². The molecule has 6 nitrogen and oxygen atoms in total. The summed E-state index contributed by atoms with van der Waals surface area (Å²) in [4.78, 5) is 39.9. The molecule has 0 spiro atoms. The summed E-state index contributed by atoms with van der Waals surface area (Å²) >= 11 is 0. The number of hydrogen-bond acceptors (Lipinski definition) is 3. The molecule has 2 aliphatic heterocycles. The highest BCUT2D eigenvalue weighted by molar-refractivity contribution is 5.94. The van der Waals surface area contributed by atoms with E-state index in [1.54, 1.807) is 4.90 Å². The Labute approximate surface area is 158 Å². The van der Waals surface area contributed by atoms with Crippen LogP contribution in [0.3, 0.4) is 0 Å². The van der Waals surface area contributed by atoms with Gasteiger partial charge in [-0.3, -0.25) is 14.4 Å². The normalized spacial score (nSPS) is 20.0. The number of benzene rings is 1. The molecular weight excluding hydrogens is 349 g/mol. The Kier molecular flexibility index (Phi) is 6.42. The number of rotatable bonds is 6. The van der Waals surface area contributed by atoms with Crippen molar-refractivity contribution in [3.63, 3.8) is 0 Å². The first kappa shape index (κ1) is 19.3. The molecule has 1 N–H and O–H groups in total. The van der Waals surface area contributed by atoms with E-state index < -0.39 is 0 Å². The van der Waals surface area contributed by atoms with Crippen molar-refractivity contribution >= 4 is 17.7 Å². The molecule has 0 radical (unpaired) electrons. The predicted octanol–water partition coefficient (Wildman–Crippen LogP) is 1.81. The molecule has 27 heavy (non-hydrogen) atoms. The number of likely N-dealkylation sites (tertiary alicyclic amines) is 2. The highest BCUT2D eigenvalue weighted by atomic mass is 19.1. The first-order chi connectivity index (χ1) is 13.0. The summed E-state index contributed by atoms with van der Waals surface area (Å²) in [6.45, 7) is 3.10. The highest BCUT2D eigenvalue weighted by Crippen LogP contribution is 2.18. The fourth-order valence-electron chi connectivity index (χ4n) is 3.73. The SMILES string of the molecule is O=C(NCC1CCCN(C(=O)CCN2CCCC2=O)C1)c1ccc(F)cc1. The van der Waals surface area contributed by atoms with Crippen LogP contribution in [0.2, 0.25) is 0 Å². The van der Waals surface area contributed by atoms with E-state index in [1.807, 2.05) is 4.90 Å². The number of amides is 3. The van der Waals surface area contributed by atoms with Crippen LogP contribution in [0.1, 0.15) is 42.5 Å². The van der Waals surface area contributed by atoms with Gasteiger partial charge in [-0.05, 0) is 49.4 Å². The molecule has 2 saturated heterocycles. The molecule has 1 atom stereocenters. The van der Waals surface area contributed by atoms with Crippen molar-refractivity contribution in [1.29, 1.82) is 0 Å². The largest absolute Gasteiger partial charge is 0.352 e. The third-order valence-electron chi connectivity index (χ3n) is 5.30. The van der Waals surface area contributed by atoms with Crippen molar-refractivity contribution in [2.24, 2.45) is 5.92 Å². The average molecular weight is 375 g/mol. The second kappa shape index (κ2) is 8.97. The zero-order valence-corrected chi connectivity index (χ0v) is 15.5. The maximum Gasteiger partial charge on any atom is 0.251 e. The van der Waals surface area contributed by atoms with Crippen molar-refractivity contribution in [2.75, 3.05) is 32.7 Å². The predicted molar refractivity (Wildman–Crippen MR) is 98.5 cm³/mol. The number of carbonyl (C=O) groups is 3. The molecule has 0 bridgehead atoms. The average Bonchev–Trinajstić information content (AvgIpc) is 3.10. The van der Waals surface area contributed by atoms with Gasteiger partial charge in [-0.1, -0.05) is 0 Å². The molecule has 3 rings (SSSR count). The van der Waals surface area contributed by atoms with Crippen molar-refractivity contribution in [1.82, 2.24) is 15.1 Å². The van der Waals surface area contributed by atoms with Crippen LogP contribution in [0.5, 0.6) is 0 Å². The second-order valence-electron chi connectivity index (χ2n) is 7.30. The molecule has 2 aliphatic rings. The minimum atomic E-state index is -0.372. The van der Waals surface area contributed by atoms with Crippen LogP contribution in [0, 0.1) is 11.7 Å². The van der Waals surface area contributed by atoms with Gasteiger partial charge >= 0.3 is 0 Å². The molecule has 1 aromatic carbocycles. The topological polar surface area (TPSA) is 69.7 Å². The molecule has 1 unspecified atom stereocenters. The number of piperidine rings is 1. The molecule has 0 aromatic heterocycles. The van der Waals surface area contributed by atoms with E-state index in [1.165, 1.54) is 24.3 Å². The quantitative estimate of drug-likeness (QED) is 0.824. The zero-order chi connectivity index (χ0) is 19.2. The summed E-state index contributed by atoms with van der Waals surface area (Å²) in [5, 5.41) is 2.88. The molecule has 2 fully saturated rings. The van der Waals surface area contributed by atoms with Crippen LogP contribution in [0.15, 0.2) is 24.3 Å². The summed E-state index contributed by atoms with van der Waals surface area (Å²) in [5.41, 5.74) is 0.426. The summed E-state index contributed by atoms with van der Waals surface area (Å²) in [6.07, 6.45) is 3.70. The van der Waals surface area contributed by atoms with E-state index in [-0.39, 0.29) is 29.5 Å². The van der Waals surface area contributed by atoms with Gasteiger partial charge in [-0.15, -0.1) is 0 Å². The fraction of sp³-hybridized carbons (Fsp3) is 0.550. The van der Waals surface area contributed by atoms with Gasteiger partial charge in [0, 0.05) is 51.1 Å². The summed E-state index contributed by atoms with van der Waals surface area (Å²) in [5.74, 6) is -0.179. The first-order valence-corrected chi connectivity index (χ1v) is 9.62. The second-order valence-corrected chi connectivity index (χ2v) is 7.30. The summed E-state index contributed by atoms with van der Waals surface area (Å²) in [7, 11) is 0. The van der Waals surface area contributed by atoms with E-state index in [0.29, 0.717) is 38.0 Å². The third kappa shape index (κ3) is 5.28. The van der Waals surface area contributed by atoms with Crippen LogP contribution in [0.4, 0.5) is 4.39 Å². The Balaban J connectivity index is 1.43. The van der Waals surface area contributed by atoms with Gasteiger partial charge in [0.15, 0.2) is 0 Å². The zero-order valence-electron chi connectivity index (χ0n) is 15.5. The lowest BCUT2D eigenvalue weighted by Crippen LogP contribution is -2.44. The van der Waals surface area contributed by atoms with E-state index in [9.17, 15) is 18.8 Å². The van der Waals surface area contributed by atoms with Crippen molar-refractivity contribution in [2.45, 2.75) is 32.1 Å². The molecule has 2 heterocycles. The van der Waals surface area contributed by atoms with Crippen molar-refractivity contribution in [3.8, 4) is 0 Å². The van der Waals surface area contributed by atoms with Crippen LogP contribution < -0.4 is 5.32 Å². The Hall–Kier alpha value is -2.44. The van der Waals surface area contributed by atoms with Gasteiger partial charge in [-0.2, -0.15) is 0 Å². The molecule has 146 valence electrons. The van der Waals surface area contributed by atoms with Crippen LogP contribution in [-0.2, 0) is 9.59 Å². The molecule has 1 aromatic rings. The lowest BCUT2D eigenvalue weighted by atomic mass is 9.97. The number of hydrogen-bond donors (Lipinski definition) is 1. The first-order valence-electron chi connectivity index (χ1n) is 9.62. The van der Waals surface area contributed by atoms with Gasteiger partial charge < -0.3 is 15.1 Å². The standard InChI is InChI=1S/C20H26FN3O3/c21-17-7-5-16(6-8-17)20(27)22-13-15-3-1-11-24(14-15)19(26)9-12-23-10-2-4-18(23)25/h5-8,15H,1-4,9-14H2,(H,22,27). The Morgan fingerprint density at radius 3 is 2.63 bits per heavy atom. The Bertz CT molecular complexity index is 692. The van der Waals surface area contributed by atoms with Crippen LogP contribution >= 0.6 is 0 Å². The van der Waals surface area contributed by atoms with Gasteiger partial charge in [0.05, 0.1) is 0 Å². The van der Waals surface area contributed by atoms with Crippen molar-refractivity contribution in [3.05, 3.63) is 35.6 Å². The number of carbonyl (C=O) groups excluding carboxylic acids is 3. The smallest absolute Gasteiger partial charge is 0.251 e. The number of nitrogens with one attached hydrogen (secondary N) is 1. The molecule has 7 heteroatoms. The van der Waals surface area contributed by atoms with E-state index >= 15 is 0 Å². The maximum atomic E-state index is 12.9. The Morgan fingerprint density at radius 1 is 1.15 bits per heavy atom. The van der Waals surface area contributed by atoms with Crippen LogP contribution in [0.25, 0.3) is 0 Å².